The second-order valence-corrected chi connectivity index (χ2v) is 0. The van der Waals surface area contributed by atoms with Gasteiger partial charge in [0.15, 0.2) is 0 Å². The maximum absolute atomic E-state index is 0. The molecule has 0 aliphatic heterocycles. The summed E-state index contributed by atoms with van der Waals surface area (Å²) in [4.78, 5) is 0. The molecule has 0 fully saturated rings. The first kappa shape index (κ1) is 57.9. The van der Waals surface area contributed by atoms with Crippen LogP contribution in [-0.4, -0.2) is 25.8 Å². The van der Waals surface area contributed by atoms with Gasteiger partial charge in [0.1, 0.15) is 0 Å². The van der Waals surface area contributed by atoms with Gasteiger partial charge in [0.2, 0.25) is 0 Å². The third-order valence-corrected chi connectivity index (χ3v) is 0. The largest absolute Gasteiger partial charge is 3.00 e. The van der Waals surface area contributed by atoms with Crippen molar-refractivity contribution >= 4 is 39.3 Å². The summed E-state index contributed by atoms with van der Waals surface area (Å²) in [7, 11) is 0. The summed E-state index contributed by atoms with van der Waals surface area (Å²) in [6.45, 7) is 0. The average Bonchev–Trinajstić information content (AvgIpc) is 0. The maximum Gasteiger partial charge on any atom is 3.00 e. The van der Waals surface area contributed by atoms with Gasteiger partial charge in [-0.05, 0) is 0 Å². The molecule has 0 spiro atoms. The normalized spacial score (nSPS) is 0. The van der Waals surface area contributed by atoms with Crippen LogP contribution in [0.5, 0.6) is 0 Å². The van der Waals surface area contributed by atoms with Crippen LogP contribution in [0.4, 0.5) is 0 Å². The van der Waals surface area contributed by atoms with Crippen LogP contribution in [0.1, 0.15) is 0 Å². The Morgan fingerprint density at radius 1 is 0.667 bits per heavy atom. The predicted octanol–water partition coefficient (Wildman–Crippen LogP) is -0.393. The van der Waals surface area contributed by atoms with Crippen LogP contribution in [0.3, 0.4) is 0 Å². The van der Waals surface area contributed by atoms with Crippen LogP contribution in [0, 0.1) is 0 Å². The third-order valence-electron chi connectivity index (χ3n) is 0. The number of hydrogen-bond donors (Lipinski definition) is 0. The molecule has 0 bridgehead atoms. The van der Waals surface area contributed by atoms with Crippen LogP contribution < -0.4 is 0 Å². The topological polar surface area (TPSA) is 0 Å². The van der Waals surface area contributed by atoms with Crippen molar-refractivity contribution in [2.24, 2.45) is 0 Å². The van der Waals surface area contributed by atoms with Crippen LogP contribution in [0.2, 0.25) is 0 Å². The minimum atomic E-state index is 0. The van der Waals surface area contributed by atoms with Gasteiger partial charge in [0.25, 0.3) is 0 Å². The van der Waals surface area contributed by atoms with E-state index in [1.807, 2.05) is 0 Å². The van der Waals surface area contributed by atoms with E-state index in [2.05, 4.69) is 0 Å². The van der Waals surface area contributed by atoms with Crippen molar-refractivity contribution in [2.75, 3.05) is 0 Å². The fourth-order valence-electron chi connectivity index (χ4n) is 0. The van der Waals surface area contributed by atoms with E-state index in [1.54, 1.807) is 0 Å². The van der Waals surface area contributed by atoms with Gasteiger partial charge >= 0.3 is 95.7 Å². The molecule has 0 saturated heterocycles. The molecule has 29 valence electrons. The molecule has 0 unspecified atom stereocenters. The molecule has 6 heavy (non-hydrogen) atoms. The van der Waals surface area contributed by atoms with E-state index in [0.717, 1.165) is 0 Å². The summed E-state index contributed by atoms with van der Waals surface area (Å²) in [5.41, 5.74) is 0. The monoisotopic (exact) mass is 388 g/mol. The van der Waals surface area contributed by atoms with Crippen molar-refractivity contribution in [3.63, 3.8) is 0 Å². The van der Waals surface area contributed by atoms with Crippen LogP contribution in [-0.2, 0) is 83.3 Å². The minimum Gasteiger partial charge on any atom is -2.00 e. The van der Waals surface area contributed by atoms with Crippen molar-refractivity contribution in [2.45, 2.75) is 0 Å². The van der Waals surface area contributed by atoms with E-state index in [0.29, 0.717) is 0 Å². The molecule has 0 heterocycles. The molecule has 0 amide bonds. The molecule has 0 aromatic heterocycles. The first-order valence-electron chi connectivity index (χ1n) is 0. The van der Waals surface area contributed by atoms with Gasteiger partial charge < -0.3 is 13.5 Å². The Kier molecular flexibility index (Phi) is 387. The molecule has 0 aromatic carbocycles. The molecular weight excluding hydrogens is 389 g/mol. The zero-order valence-corrected chi connectivity index (χ0v) is 12.9. The maximum atomic E-state index is 0. The van der Waals surface area contributed by atoms with Crippen molar-refractivity contribution in [1.29, 1.82) is 0 Å². The van der Waals surface area contributed by atoms with Gasteiger partial charge in [-0.3, -0.25) is 0 Å². The Morgan fingerprint density at radius 3 is 0.667 bits per heavy atom. The molecule has 0 saturated carbocycles. The molecule has 0 aliphatic carbocycles. The van der Waals surface area contributed by atoms with E-state index >= 15 is 0 Å². The average molecular weight is 389 g/mol. The Balaban J connectivity index is 0. The van der Waals surface area contributed by atoms with Crippen molar-refractivity contribution in [1.82, 2.24) is 0 Å². The van der Waals surface area contributed by atoms with Crippen molar-refractivity contribution in [3.05, 3.63) is 0 Å². The van der Waals surface area contributed by atoms with E-state index in [4.69, 9.17) is 0 Å². The Hall–Kier alpha value is 3.36. The molecule has 0 aliphatic rings. The Morgan fingerprint density at radius 2 is 0.667 bits per heavy atom. The van der Waals surface area contributed by atoms with Crippen molar-refractivity contribution in [3.8, 4) is 0 Å². The quantitative estimate of drug-likeness (QED) is 0.496. The van der Waals surface area contributed by atoms with Gasteiger partial charge in [-0.25, -0.2) is 0 Å². The minimum absolute atomic E-state index is 0. The molecule has 6 heteroatoms. The summed E-state index contributed by atoms with van der Waals surface area (Å²) >= 11 is 0. The zero-order valence-electron chi connectivity index (χ0n) is 2.69. The summed E-state index contributed by atoms with van der Waals surface area (Å²) in [6, 6.07) is 0. The zero-order chi connectivity index (χ0) is 0. The fraction of sp³-hybridized carbons (Fsp3) is 0. The van der Waals surface area contributed by atoms with Gasteiger partial charge in [-0.15, -0.1) is 0 Å². The summed E-state index contributed by atoms with van der Waals surface area (Å²) < 4.78 is 0. The first-order valence-corrected chi connectivity index (χ1v) is 0. The third kappa shape index (κ3) is 26.4. The predicted molar refractivity (Wildman–Crippen MR) is 13.1 cm³/mol. The van der Waals surface area contributed by atoms with Gasteiger partial charge in [0, 0.05) is 0 Å². The summed E-state index contributed by atoms with van der Waals surface area (Å²) in [5, 5.41) is 0. The van der Waals surface area contributed by atoms with E-state index < -0.39 is 0 Å². The molecule has 0 atom stereocenters. The van der Waals surface area contributed by atoms with E-state index in [1.165, 1.54) is 0 Å². The van der Waals surface area contributed by atoms with Crippen LogP contribution in [0.25, 0.3) is 0 Å². The summed E-state index contributed by atoms with van der Waals surface area (Å²) in [5.74, 6) is 0. The van der Waals surface area contributed by atoms with E-state index in [-0.39, 0.29) is 109 Å². The SMILES string of the molecule is [Co+2].[Co+2].[Co+2].[In+3].[S-2].[Zn+2]. The molecule has 0 rings (SSSR count). The second-order valence-electron chi connectivity index (χ2n) is 0. The van der Waals surface area contributed by atoms with Gasteiger partial charge in [0.05, 0.1) is 0 Å². The van der Waals surface area contributed by atoms with Gasteiger partial charge in [-0.2, -0.15) is 0 Å². The number of hydrogen-bond acceptors (Lipinski definition) is 0. The first-order chi connectivity index (χ1) is 0. The fourth-order valence-corrected chi connectivity index (χ4v) is 0. The smallest absolute Gasteiger partial charge is 2.00 e. The molecule has 3 radical (unpaired) electrons. The molecule has 0 N–H and O–H groups in total. The van der Waals surface area contributed by atoms with Crippen molar-refractivity contribution < 1.29 is 69.8 Å². The molecular formula is Co3InSZn+9. The molecule has 0 aromatic rings. The second kappa shape index (κ2) is 40.1. The van der Waals surface area contributed by atoms with Gasteiger partial charge in [-0.1, -0.05) is 0 Å². The Labute approximate surface area is 107 Å². The van der Waals surface area contributed by atoms with E-state index in [9.17, 15) is 0 Å². The van der Waals surface area contributed by atoms with Crippen LogP contribution >= 0.6 is 0 Å². The number of rotatable bonds is 0. The standard InChI is InChI=1S/3Co.In.S.Zn/q3*+2;+3;-2;+2. The molecule has 0 nitrogen and oxygen atoms in total. The summed E-state index contributed by atoms with van der Waals surface area (Å²) in [6.07, 6.45) is 0. The Bertz CT molecular complexity index is 10.8. The van der Waals surface area contributed by atoms with Crippen LogP contribution in [0.15, 0.2) is 0 Å².